The van der Waals surface area contributed by atoms with Crippen LogP contribution in [0.2, 0.25) is 0 Å². The number of aryl methyl sites for hydroxylation is 2. The second-order valence-electron chi connectivity index (χ2n) is 6.10. The van der Waals surface area contributed by atoms with Gasteiger partial charge in [0.25, 0.3) is 5.91 Å². The number of nitrogens with one attached hydrogen (secondary N) is 1. The van der Waals surface area contributed by atoms with Gasteiger partial charge in [-0.1, -0.05) is 12.1 Å². The molecule has 0 spiro atoms. The third-order valence-electron chi connectivity index (χ3n) is 3.83. The van der Waals surface area contributed by atoms with E-state index in [1.807, 2.05) is 32.0 Å². The number of hydrogen-bond acceptors (Lipinski definition) is 5. The number of likely N-dealkylation sites (N-methyl/N-ethyl adjacent to an activating group) is 1. The van der Waals surface area contributed by atoms with Crippen molar-refractivity contribution in [2.24, 2.45) is 0 Å². The quantitative estimate of drug-likeness (QED) is 0.467. The van der Waals surface area contributed by atoms with Gasteiger partial charge in [0.15, 0.2) is 12.8 Å². The molecule has 1 aromatic carbocycles. The van der Waals surface area contributed by atoms with Crippen molar-refractivity contribution in [3.8, 4) is 0 Å². The van der Waals surface area contributed by atoms with E-state index in [2.05, 4.69) is 5.32 Å². The molecule has 0 aliphatic rings. The summed E-state index contributed by atoms with van der Waals surface area (Å²) in [5.41, 5.74) is 2.37. The van der Waals surface area contributed by atoms with Crippen molar-refractivity contribution in [2.75, 3.05) is 25.5 Å². The summed E-state index contributed by atoms with van der Waals surface area (Å²) >= 11 is 0. The van der Waals surface area contributed by atoms with Crippen molar-refractivity contribution >= 4 is 23.5 Å². The van der Waals surface area contributed by atoms with Gasteiger partial charge in [0.1, 0.15) is 0 Å². The van der Waals surface area contributed by atoms with Crippen molar-refractivity contribution in [3.63, 3.8) is 0 Å². The minimum Gasteiger partial charge on any atom is -0.618 e. The lowest BCUT2D eigenvalue weighted by atomic mass is 10.1. The molecular formula is C19H21N3O5. The van der Waals surface area contributed by atoms with Crippen LogP contribution in [-0.4, -0.2) is 42.9 Å². The zero-order chi connectivity index (χ0) is 20.0. The average molecular weight is 371 g/mol. The van der Waals surface area contributed by atoms with Crippen LogP contribution >= 0.6 is 0 Å². The van der Waals surface area contributed by atoms with Gasteiger partial charge in [0, 0.05) is 24.9 Å². The number of hydrogen-bond donors (Lipinski definition) is 1. The number of nitrogens with zero attached hydrogens (tertiary/aromatic N) is 2. The first-order valence-electron chi connectivity index (χ1n) is 8.24. The van der Waals surface area contributed by atoms with Crippen LogP contribution < -0.4 is 10.0 Å². The zero-order valence-electron chi connectivity index (χ0n) is 15.4. The number of anilines is 1. The van der Waals surface area contributed by atoms with Crippen molar-refractivity contribution in [1.82, 2.24) is 4.90 Å². The fraction of sp³-hybridized carbons (Fsp3) is 0.263. The number of amides is 2. The van der Waals surface area contributed by atoms with Crippen LogP contribution in [0.15, 0.2) is 42.6 Å². The van der Waals surface area contributed by atoms with Crippen molar-refractivity contribution in [2.45, 2.75) is 13.8 Å². The van der Waals surface area contributed by atoms with Gasteiger partial charge in [0.2, 0.25) is 5.91 Å². The number of carbonyl (C=O) groups excluding carboxylic acids is 3. The van der Waals surface area contributed by atoms with E-state index in [9.17, 15) is 19.6 Å². The summed E-state index contributed by atoms with van der Waals surface area (Å²) in [6.07, 6.45) is 1.15. The summed E-state index contributed by atoms with van der Waals surface area (Å²) in [7, 11) is 1.43. The molecule has 0 fully saturated rings. The Balaban J connectivity index is 1.86. The van der Waals surface area contributed by atoms with E-state index in [4.69, 9.17) is 4.74 Å². The van der Waals surface area contributed by atoms with Crippen molar-refractivity contribution < 1.29 is 23.9 Å². The number of esters is 1. The summed E-state index contributed by atoms with van der Waals surface area (Å²) in [5, 5.41) is 14.2. The molecule has 2 amide bonds. The van der Waals surface area contributed by atoms with Gasteiger partial charge in [-0.05, 0) is 37.1 Å². The van der Waals surface area contributed by atoms with Gasteiger partial charge in [-0.2, -0.15) is 4.73 Å². The fourth-order valence-corrected chi connectivity index (χ4v) is 2.26. The van der Waals surface area contributed by atoms with Crippen LogP contribution in [0.4, 0.5) is 5.69 Å². The summed E-state index contributed by atoms with van der Waals surface area (Å²) in [4.78, 5) is 37.2. The smallest absolute Gasteiger partial charge is 0.405 e. The van der Waals surface area contributed by atoms with Gasteiger partial charge in [-0.3, -0.25) is 9.59 Å². The van der Waals surface area contributed by atoms with Crippen LogP contribution in [0.25, 0.3) is 0 Å². The molecule has 0 saturated heterocycles. The molecule has 27 heavy (non-hydrogen) atoms. The number of carbonyl (C=O) groups is 3. The Hall–Kier alpha value is -3.42. The van der Waals surface area contributed by atoms with E-state index < -0.39 is 18.5 Å². The van der Waals surface area contributed by atoms with Gasteiger partial charge in [-0.15, -0.1) is 0 Å². The van der Waals surface area contributed by atoms with E-state index in [1.54, 1.807) is 0 Å². The highest BCUT2D eigenvalue weighted by Gasteiger charge is 2.20. The van der Waals surface area contributed by atoms with Gasteiger partial charge in [0.05, 0.1) is 6.54 Å². The number of aromatic nitrogens is 1. The van der Waals surface area contributed by atoms with Gasteiger partial charge in [-0.25, -0.2) is 4.79 Å². The van der Waals surface area contributed by atoms with Crippen LogP contribution in [0.3, 0.4) is 0 Å². The lowest BCUT2D eigenvalue weighted by Crippen LogP contribution is -2.39. The molecule has 1 heterocycles. The monoisotopic (exact) mass is 371 g/mol. The first-order chi connectivity index (χ1) is 12.8. The molecule has 1 N–H and O–H groups in total. The molecule has 8 nitrogen and oxygen atoms in total. The molecule has 0 aliphatic heterocycles. The Labute approximate surface area is 156 Å². The zero-order valence-corrected chi connectivity index (χ0v) is 15.4. The second-order valence-corrected chi connectivity index (χ2v) is 6.10. The molecule has 2 rings (SSSR count). The van der Waals surface area contributed by atoms with Crippen molar-refractivity contribution in [3.05, 3.63) is 64.6 Å². The Kier molecular flexibility index (Phi) is 6.48. The Bertz CT molecular complexity index is 866. The van der Waals surface area contributed by atoms with E-state index in [-0.39, 0.29) is 18.1 Å². The molecule has 0 aliphatic carbocycles. The lowest BCUT2D eigenvalue weighted by Gasteiger charge is -2.17. The second kappa shape index (κ2) is 8.79. The lowest BCUT2D eigenvalue weighted by molar-refractivity contribution is -0.608. The number of ether oxygens (including phenoxy) is 1. The average Bonchev–Trinajstić information content (AvgIpc) is 2.62. The molecule has 8 heteroatoms. The highest BCUT2D eigenvalue weighted by Crippen LogP contribution is 2.16. The molecule has 0 radical (unpaired) electrons. The molecule has 0 bridgehead atoms. The first-order valence-corrected chi connectivity index (χ1v) is 8.24. The molecule has 0 atom stereocenters. The Morgan fingerprint density at radius 1 is 1.19 bits per heavy atom. The van der Waals surface area contributed by atoms with E-state index in [0.717, 1.165) is 22.2 Å². The largest absolute Gasteiger partial charge is 0.618 e. The number of rotatable bonds is 6. The maximum Gasteiger partial charge on any atom is 0.405 e. The summed E-state index contributed by atoms with van der Waals surface area (Å²) in [6, 6.07) is 9.95. The third kappa shape index (κ3) is 5.53. The van der Waals surface area contributed by atoms with Gasteiger partial charge >= 0.3 is 11.7 Å². The predicted octanol–water partition coefficient (Wildman–Crippen LogP) is 1.19. The topological polar surface area (TPSA) is 103 Å². The predicted molar refractivity (Wildman–Crippen MR) is 97.9 cm³/mol. The summed E-state index contributed by atoms with van der Waals surface area (Å²) in [5.74, 6) is -1.84. The van der Waals surface area contributed by atoms with Gasteiger partial charge < -0.3 is 20.2 Å². The maximum atomic E-state index is 12.1. The summed E-state index contributed by atoms with van der Waals surface area (Å²) in [6.45, 7) is 3.02. The molecule has 1 aromatic heterocycles. The third-order valence-corrected chi connectivity index (χ3v) is 3.83. The minimum atomic E-state index is -0.910. The molecule has 142 valence electrons. The standard InChI is InChI=1S/C19H21N3O5/c1-13-7-8-14(2)15(10-13)20-17(23)11-21(3)18(24)12-27-19(25)16-6-4-5-9-22(16)26/h4-10H,11-12H2,1-3H3,(H,20,23). The van der Waals surface area contributed by atoms with E-state index in [0.29, 0.717) is 10.4 Å². The number of benzene rings is 1. The highest BCUT2D eigenvalue weighted by molar-refractivity contribution is 5.95. The number of pyridine rings is 1. The normalized spacial score (nSPS) is 10.2. The first kappa shape index (κ1) is 19.9. The van der Waals surface area contributed by atoms with Crippen LogP contribution in [0.5, 0.6) is 0 Å². The van der Waals surface area contributed by atoms with E-state index >= 15 is 0 Å². The van der Waals surface area contributed by atoms with Crippen LogP contribution in [0.1, 0.15) is 21.6 Å². The molecule has 2 aromatic rings. The molecule has 0 unspecified atom stereocenters. The van der Waals surface area contributed by atoms with E-state index in [1.165, 1.54) is 25.2 Å². The van der Waals surface area contributed by atoms with Crippen LogP contribution in [0, 0.1) is 19.1 Å². The molecular weight excluding hydrogens is 350 g/mol. The SMILES string of the molecule is Cc1ccc(C)c(NC(=O)CN(C)C(=O)COC(=O)c2cccc[n+]2[O-])c1. The maximum absolute atomic E-state index is 12.1. The fourth-order valence-electron chi connectivity index (χ4n) is 2.26. The van der Waals surface area contributed by atoms with Crippen molar-refractivity contribution in [1.29, 1.82) is 0 Å². The van der Waals surface area contributed by atoms with Crippen LogP contribution in [-0.2, 0) is 14.3 Å². The highest BCUT2D eigenvalue weighted by atomic mass is 16.5. The molecule has 0 saturated carbocycles. The Morgan fingerprint density at radius 2 is 1.93 bits per heavy atom. The Morgan fingerprint density at radius 3 is 2.63 bits per heavy atom. The summed E-state index contributed by atoms with van der Waals surface area (Å²) < 4.78 is 5.20. The minimum absolute atomic E-state index is 0.198.